The molecule has 1 heterocycles. The van der Waals surface area contributed by atoms with Gasteiger partial charge in [0.1, 0.15) is 5.82 Å². The first-order valence-corrected chi connectivity index (χ1v) is 8.35. The van der Waals surface area contributed by atoms with Gasteiger partial charge in [-0.05, 0) is 31.4 Å². The highest BCUT2D eigenvalue weighted by atomic mass is 35.7. The lowest BCUT2D eigenvalue weighted by molar-refractivity contribution is 0.579. The van der Waals surface area contributed by atoms with E-state index in [-0.39, 0.29) is 17.0 Å². The van der Waals surface area contributed by atoms with Crippen LogP contribution in [-0.4, -0.2) is 23.2 Å². The van der Waals surface area contributed by atoms with Gasteiger partial charge >= 0.3 is 0 Å². The van der Waals surface area contributed by atoms with Crippen LogP contribution in [0.2, 0.25) is 0 Å². The second kappa shape index (κ2) is 4.53. The molecule has 106 valence electrons. The van der Waals surface area contributed by atoms with Crippen molar-refractivity contribution in [3.8, 4) is 11.4 Å². The van der Waals surface area contributed by atoms with Gasteiger partial charge in [-0.1, -0.05) is 12.1 Å². The first kappa shape index (κ1) is 13.5. The molecule has 0 saturated heterocycles. The summed E-state index contributed by atoms with van der Waals surface area (Å²) in [4.78, 5) is 0. The SMILES string of the molecule is Cc1ccc(-c2nnc(S(=O)(=O)Cl)n2C2CC2)cc1F. The fraction of sp³-hybridized carbons (Fsp3) is 0.333. The highest BCUT2D eigenvalue weighted by Gasteiger charge is 2.34. The number of nitrogens with zero attached hydrogens (tertiary/aromatic N) is 3. The van der Waals surface area contributed by atoms with E-state index in [0.29, 0.717) is 17.0 Å². The van der Waals surface area contributed by atoms with Gasteiger partial charge in [-0.2, -0.15) is 0 Å². The van der Waals surface area contributed by atoms with E-state index in [2.05, 4.69) is 10.2 Å². The molecule has 0 unspecified atom stereocenters. The van der Waals surface area contributed by atoms with Gasteiger partial charge in [0, 0.05) is 22.3 Å². The lowest BCUT2D eigenvalue weighted by atomic mass is 10.1. The Balaban J connectivity index is 2.19. The Morgan fingerprint density at radius 1 is 1.35 bits per heavy atom. The van der Waals surface area contributed by atoms with Crippen LogP contribution < -0.4 is 0 Å². The van der Waals surface area contributed by atoms with Crippen LogP contribution in [0.15, 0.2) is 23.4 Å². The molecule has 1 aromatic carbocycles. The van der Waals surface area contributed by atoms with E-state index in [9.17, 15) is 12.8 Å². The zero-order valence-electron chi connectivity index (χ0n) is 10.5. The minimum Gasteiger partial charge on any atom is -0.294 e. The molecule has 1 aliphatic rings. The molecule has 0 amide bonds. The van der Waals surface area contributed by atoms with E-state index < -0.39 is 9.05 Å². The van der Waals surface area contributed by atoms with E-state index in [1.807, 2.05) is 0 Å². The summed E-state index contributed by atoms with van der Waals surface area (Å²) in [5.74, 6) is -0.0475. The molecule has 8 heteroatoms. The van der Waals surface area contributed by atoms with Crippen molar-refractivity contribution in [3.05, 3.63) is 29.6 Å². The minimum atomic E-state index is -3.98. The maximum Gasteiger partial charge on any atom is 0.296 e. The maximum absolute atomic E-state index is 13.7. The van der Waals surface area contributed by atoms with Crippen LogP contribution in [-0.2, 0) is 9.05 Å². The fourth-order valence-electron chi connectivity index (χ4n) is 2.03. The van der Waals surface area contributed by atoms with Crippen LogP contribution in [0, 0.1) is 12.7 Å². The number of rotatable bonds is 3. The molecule has 1 fully saturated rings. The van der Waals surface area contributed by atoms with Gasteiger partial charge in [-0.3, -0.25) is 4.57 Å². The van der Waals surface area contributed by atoms with E-state index in [0.717, 1.165) is 12.8 Å². The van der Waals surface area contributed by atoms with Crippen molar-refractivity contribution in [1.82, 2.24) is 14.8 Å². The standard InChI is InChI=1S/C12H11ClFN3O2S/c1-7-2-3-8(6-10(7)14)11-15-16-12(20(13,18)19)17(11)9-4-5-9/h2-3,6,9H,4-5H2,1H3. The molecule has 0 bridgehead atoms. The topological polar surface area (TPSA) is 64.8 Å². The Bertz CT molecular complexity index is 784. The van der Waals surface area contributed by atoms with Crippen molar-refractivity contribution in [2.75, 3.05) is 0 Å². The highest BCUT2D eigenvalue weighted by molar-refractivity contribution is 8.13. The Labute approximate surface area is 119 Å². The number of halogens is 2. The van der Waals surface area contributed by atoms with Crippen molar-refractivity contribution >= 4 is 19.7 Å². The first-order valence-electron chi connectivity index (χ1n) is 6.04. The van der Waals surface area contributed by atoms with Crippen LogP contribution in [0.5, 0.6) is 0 Å². The maximum atomic E-state index is 13.7. The minimum absolute atomic E-state index is 0.00730. The van der Waals surface area contributed by atoms with E-state index in [1.54, 1.807) is 19.1 Å². The van der Waals surface area contributed by atoms with E-state index in [1.165, 1.54) is 10.6 Å². The summed E-state index contributed by atoms with van der Waals surface area (Å²) < 4.78 is 38.2. The van der Waals surface area contributed by atoms with Crippen molar-refractivity contribution in [1.29, 1.82) is 0 Å². The van der Waals surface area contributed by atoms with Crippen LogP contribution >= 0.6 is 10.7 Å². The monoisotopic (exact) mass is 315 g/mol. The molecule has 0 N–H and O–H groups in total. The summed E-state index contributed by atoms with van der Waals surface area (Å²) in [6.07, 6.45) is 1.66. The normalized spacial score (nSPS) is 15.6. The van der Waals surface area contributed by atoms with Crippen molar-refractivity contribution in [2.45, 2.75) is 31.0 Å². The Kier molecular flexibility index (Phi) is 3.06. The Morgan fingerprint density at radius 3 is 2.60 bits per heavy atom. The Morgan fingerprint density at radius 2 is 2.05 bits per heavy atom. The molecule has 0 spiro atoms. The predicted molar refractivity (Wildman–Crippen MR) is 71.5 cm³/mol. The molecular weight excluding hydrogens is 305 g/mol. The van der Waals surface area contributed by atoms with Crippen LogP contribution in [0.1, 0.15) is 24.4 Å². The number of hydrogen-bond donors (Lipinski definition) is 0. The van der Waals surface area contributed by atoms with Gasteiger partial charge < -0.3 is 0 Å². The summed E-state index contributed by atoms with van der Waals surface area (Å²) in [5, 5.41) is 7.24. The summed E-state index contributed by atoms with van der Waals surface area (Å²) in [6, 6.07) is 4.63. The number of aryl methyl sites for hydroxylation is 1. The van der Waals surface area contributed by atoms with Crippen LogP contribution in [0.25, 0.3) is 11.4 Å². The van der Waals surface area contributed by atoms with Crippen molar-refractivity contribution < 1.29 is 12.8 Å². The zero-order valence-corrected chi connectivity index (χ0v) is 12.1. The summed E-state index contributed by atoms with van der Waals surface area (Å²) in [5.41, 5.74) is 0.996. The van der Waals surface area contributed by atoms with Gasteiger partial charge in [0.25, 0.3) is 14.2 Å². The molecule has 0 radical (unpaired) electrons. The third kappa shape index (κ3) is 2.31. The van der Waals surface area contributed by atoms with Gasteiger partial charge in [0.2, 0.25) is 0 Å². The third-order valence-electron chi connectivity index (χ3n) is 3.22. The van der Waals surface area contributed by atoms with Crippen molar-refractivity contribution in [2.24, 2.45) is 0 Å². The number of benzene rings is 1. The molecule has 1 aliphatic carbocycles. The summed E-state index contributed by atoms with van der Waals surface area (Å²) >= 11 is 0. The van der Waals surface area contributed by atoms with Crippen LogP contribution in [0.3, 0.4) is 0 Å². The average Bonchev–Trinajstić information content (AvgIpc) is 3.10. The predicted octanol–water partition coefficient (Wildman–Crippen LogP) is 2.66. The van der Waals surface area contributed by atoms with E-state index in [4.69, 9.17) is 10.7 Å². The molecule has 0 atom stereocenters. The molecule has 20 heavy (non-hydrogen) atoms. The zero-order chi connectivity index (χ0) is 14.5. The molecule has 2 aromatic rings. The van der Waals surface area contributed by atoms with Gasteiger partial charge in [0.05, 0.1) is 0 Å². The fourth-order valence-corrected chi connectivity index (χ4v) is 2.96. The second-order valence-corrected chi connectivity index (χ2v) is 7.27. The molecular formula is C12H11ClFN3O2S. The van der Waals surface area contributed by atoms with Crippen LogP contribution in [0.4, 0.5) is 4.39 Å². The lowest BCUT2D eigenvalue weighted by Crippen LogP contribution is -2.06. The molecule has 1 saturated carbocycles. The average molecular weight is 316 g/mol. The first-order chi connectivity index (χ1) is 9.38. The lowest BCUT2D eigenvalue weighted by Gasteiger charge is -2.07. The quantitative estimate of drug-likeness (QED) is 0.817. The molecule has 0 aliphatic heterocycles. The van der Waals surface area contributed by atoms with Gasteiger partial charge in [0.15, 0.2) is 5.82 Å². The molecule has 5 nitrogen and oxygen atoms in total. The van der Waals surface area contributed by atoms with E-state index >= 15 is 0 Å². The number of hydrogen-bond acceptors (Lipinski definition) is 4. The van der Waals surface area contributed by atoms with Gasteiger partial charge in [-0.15, -0.1) is 10.2 Å². The van der Waals surface area contributed by atoms with Gasteiger partial charge in [-0.25, -0.2) is 12.8 Å². The smallest absolute Gasteiger partial charge is 0.294 e. The highest BCUT2D eigenvalue weighted by Crippen LogP contribution is 2.40. The number of aromatic nitrogens is 3. The summed E-state index contributed by atoms with van der Waals surface area (Å²) in [6.45, 7) is 1.65. The largest absolute Gasteiger partial charge is 0.296 e. The second-order valence-electron chi connectivity index (χ2n) is 4.81. The Hall–Kier alpha value is -1.47. The molecule has 1 aromatic heterocycles. The van der Waals surface area contributed by atoms with Crippen molar-refractivity contribution in [3.63, 3.8) is 0 Å². The molecule has 3 rings (SSSR count). The summed E-state index contributed by atoms with van der Waals surface area (Å²) in [7, 11) is 1.39. The third-order valence-corrected chi connectivity index (χ3v) is 4.35.